The fourth-order valence-corrected chi connectivity index (χ4v) is 1.98. The van der Waals surface area contributed by atoms with Gasteiger partial charge in [-0.2, -0.15) is 0 Å². The fraction of sp³-hybridized carbons (Fsp3) is 0.333. The van der Waals surface area contributed by atoms with E-state index in [4.69, 9.17) is 31.5 Å². The second kappa shape index (κ2) is 5.29. The summed E-state index contributed by atoms with van der Waals surface area (Å²) in [6.45, 7) is 1.47. The number of hydrogen-bond donors (Lipinski definition) is 1. The summed E-state index contributed by atoms with van der Waals surface area (Å²) in [5.41, 5.74) is 6.21. The summed E-state index contributed by atoms with van der Waals surface area (Å²) in [4.78, 5) is 0. The van der Waals surface area contributed by atoms with E-state index >= 15 is 0 Å². The lowest BCUT2D eigenvalue weighted by atomic mass is 10.1. The zero-order valence-corrected chi connectivity index (χ0v) is 10.3. The van der Waals surface area contributed by atoms with Gasteiger partial charge in [0.05, 0.1) is 17.7 Å². The van der Waals surface area contributed by atoms with Crippen LogP contribution in [0.3, 0.4) is 0 Å². The summed E-state index contributed by atoms with van der Waals surface area (Å²) in [6.07, 6.45) is 3.64. The lowest BCUT2D eigenvalue weighted by Crippen LogP contribution is -2.16. The van der Waals surface area contributed by atoms with Crippen LogP contribution < -0.4 is 19.9 Å². The largest absolute Gasteiger partial charge is 0.494 e. The first-order chi connectivity index (χ1) is 8.27. The van der Waals surface area contributed by atoms with Gasteiger partial charge in [-0.3, -0.25) is 0 Å². The predicted octanol–water partition coefficient (Wildman–Crippen LogP) is 2.09. The van der Waals surface area contributed by atoms with E-state index in [9.17, 15) is 0 Å². The van der Waals surface area contributed by atoms with Crippen LogP contribution in [0.25, 0.3) is 6.08 Å². The van der Waals surface area contributed by atoms with Crippen molar-refractivity contribution in [2.75, 3.05) is 26.9 Å². The number of halogens is 1. The molecule has 0 fully saturated rings. The molecule has 2 N–H and O–H groups in total. The average molecular weight is 256 g/mol. The Morgan fingerprint density at radius 3 is 2.94 bits per heavy atom. The van der Waals surface area contributed by atoms with E-state index in [0.717, 1.165) is 5.56 Å². The molecule has 0 saturated carbocycles. The summed E-state index contributed by atoms with van der Waals surface area (Å²) >= 11 is 6.12. The molecule has 0 unspecified atom stereocenters. The van der Waals surface area contributed by atoms with Crippen LogP contribution in [0.1, 0.15) is 5.56 Å². The van der Waals surface area contributed by atoms with Crippen molar-refractivity contribution in [1.29, 1.82) is 0 Å². The number of rotatable bonds is 3. The number of ether oxygens (including phenoxy) is 3. The Morgan fingerprint density at radius 1 is 1.47 bits per heavy atom. The second-order valence-electron chi connectivity index (χ2n) is 3.47. The zero-order chi connectivity index (χ0) is 12.3. The molecule has 5 heteroatoms. The number of fused-ring (bicyclic) bond motifs is 1. The molecule has 1 heterocycles. The van der Waals surface area contributed by atoms with Crippen molar-refractivity contribution in [3.8, 4) is 17.2 Å². The predicted molar refractivity (Wildman–Crippen MR) is 67.1 cm³/mol. The minimum Gasteiger partial charge on any atom is -0.494 e. The second-order valence-corrected chi connectivity index (χ2v) is 3.87. The highest BCUT2D eigenvalue weighted by molar-refractivity contribution is 6.32. The van der Waals surface area contributed by atoms with Crippen molar-refractivity contribution in [3.63, 3.8) is 0 Å². The SMILES string of the molecule is COc1c(Cl)cc2c(c1/C=C/CN)OCCO2. The molecule has 92 valence electrons. The van der Waals surface area contributed by atoms with Crippen molar-refractivity contribution < 1.29 is 14.2 Å². The summed E-state index contributed by atoms with van der Waals surface area (Å²) in [7, 11) is 1.57. The van der Waals surface area contributed by atoms with E-state index < -0.39 is 0 Å². The van der Waals surface area contributed by atoms with Gasteiger partial charge in [-0.1, -0.05) is 23.8 Å². The molecule has 0 spiro atoms. The third-order valence-electron chi connectivity index (χ3n) is 2.40. The van der Waals surface area contributed by atoms with Gasteiger partial charge in [0.2, 0.25) is 0 Å². The van der Waals surface area contributed by atoms with Gasteiger partial charge in [0.25, 0.3) is 0 Å². The van der Waals surface area contributed by atoms with Crippen molar-refractivity contribution in [2.45, 2.75) is 0 Å². The monoisotopic (exact) mass is 255 g/mol. The van der Waals surface area contributed by atoms with Crippen molar-refractivity contribution in [1.82, 2.24) is 0 Å². The molecule has 0 aromatic heterocycles. The molecule has 0 aliphatic carbocycles. The molecule has 17 heavy (non-hydrogen) atoms. The van der Waals surface area contributed by atoms with Gasteiger partial charge in [0, 0.05) is 12.6 Å². The molecule has 0 amide bonds. The van der Waals surface area contributed by atoms with E-state index in [1.165, 1.54) is 0 Å². The Balaban J connectivity index is 2.57. The third kappa shape index (κ3) is 2.33. The van der Waals surface area contributed by atoms with Crippen LogP contribution in [-0.2, 0) is 0 Å². The van der Waals surface area contributed by atoms with E-state index in [1.807, 2.05) is 12.2 Å². The van der Waals surface area contributed by atoms with Gasteiger partial charge in [0.1, 0.15) is 19.0 Å². The normalized spacial score (nSPS) is 14.1. The van der Waals surface area contributed by atoms with Crippen molar-refractivity contribution >= 4 is 17.7 Å². The lowest BCUT2D eigenvalue weighted by molar-refractivity contribution is 0.170. The van der Waals surface area contributed by atoms with Gasteiger partial charge >= 0.3 is 0 Å². The Hall–Kier alpha value is -1.39. The first-order valence-electron chi connectivity index (χ1n) is 5.30. The molecule has 2 rings (SSSR count). The number of nitrogens with two attached hydrogens (primary N) is 1. The van der Waals surface area contributed by atoms with Crippen LogP contribution in [-0.4, -0.2) is 26.9 Å². The van der Waals surface area contributed by atoms with Crippen molar-refractivity contribution in [3.05, 3.63) is 22.7 Å². The summed E-state index contributed by atoms with van der Waals surface area (Å²) in [5.74, 6) is 1.86. The molecule has 0 atom stereocenters. The minimum atomic E-state index is 0.436. The van der Waals surface area contributed by atoms with E-state index in [-0.39, 0.29) is 0 Å². The zero-order valence-electron chi connectivity index (χ0n) is 9.53. The molecule has 4 nitrogen and oxygen atoms in total. The van der Waals surface area contributed by atoms with Crippen LogP contribution in [0.2, 0.25) is 5.02 Å². The minimum absolute atomic E-state index is 0.436. The Morgan fingerprint density at radius 2 is 2.24 bits per heavy atom. The first kappa shape index (κ1) is 12.1. The van der Waals surface area contributed by atoms with E-state index in [2.05, 4.69) is 0 Å². The highest BCUT2D eigenvalue weighted by Gasteiger charge is 2.21. The Labute approximate surface area is 105 Å². The molecule has 1 aliphatic rings. The smallest absolute Gasteiger partial charge is 0.172 e. The first-order valence-corrected chi connectivity index (χ1v) is 5.68. The lowest BCUT2D eigenvalue weighted by Gasteiger charge is -2.22. The summed E-state index contributed by atoms with van der Waals surface area (Å²) < 4.78 is 16.4. The van der Waals surface area contributed by atoms with Crippen molar-refractivity contribution in [2.24, 2.45) is 5.73 Å². The molecule has 0 radical (unpaired) electrons. The number of benzene rings is 1. The van der Waals surface area contributed by atoms with Crippen LogP contribution in [0, 0.1) is 0 Å². The van der Waals surface area contributed by atoms with Gasteiger partial charge in [-0.05, 0) is 0 Å². The van der Waals surface area contributed by atoms with Gasteiger partial charge < -0.3 is 19.9 Å². The van der Waals surface area contributed by atoms with E-state index in [1.54, 1.807) is 13.2 Å². The molecular weight excluding hydrogens is 242 g/mol. The van der Waals surface area contributed by atoms with E-state index in [0.29, 0.717) is 42.0 Å². The standard InChI is InChI=1S/C12H14ClNO3/c1-15-11-8(3-2-4-14)12-10(7-9(11)13)16-5-6-17-12/h2-3,7H,4-6,14H2,1H3/b3-2+. The summed E-state index contributed by atoms with van der Waals surface area (Å²) in [5, 5.41) is 0.494. The van der Waals surface area contributed by atoms with Gasteiger partial charge in [-0.15, -0.1) is 0 Å². The molecule has 1 aliphatic heterocycles. The van der Waals surface area contributed by atoms with Gasteiger partial charge in [0.15, 0.2) is 11.5 Å². The Bertz CT molecular complexity index is 446. The topological polar surface area (TPSA) is 53.7 Å². The quantitative estimate of drug-likeness (QED) is 0.899. The van der Waals surface area contributed by atoms with Crippen LogP contribution >= 0.6 is 11.6 Å². The molecule has 0 saturated heterocycles. The molecule has 0 bridgehead atoms. The molecular formula is C12H14ClNO3. The maximum Gasteiger partial charge on any atom is 0.172 e. The maximum absolute atomic E-state index is 6.12. The number of methoxy groups -OCH3 is 1. The molecule has 1 aromatic carbocycles. The average Bonchev–Trinajstić information content (AvgIpc) is 2.35. The Kier molecular flexibility index (Phi) is 3.76. The highest BCUT2D eigenvalue weighted by atomic mass is 35.5. The highest BCUT2D eigenvalue weighted by Crippen LogP contribution is 2.44. The maximum atomic E-state index is 6.12. The van der Waals surface area contributed by atoms with Crippen LogP contribution in [0.15, 0.2) is 12.1 Å². The third-order valence-corrected chi connectivity index (χ3v) is 2.68. The van der Waals surface area contributed by atoms with Gasteiger partial charge in [-0.25, -0.2) is 0 Å². The summed E-state index contributed by atoms with van der Waals surface area (Å²) in [6, 6.07) is 1.70. The fourth-order valence-electron chi connectivity index (χ4n) is 1.71. The van der Waals surface area contributed by atoms with Crippen LogP contribution in [0.5, 0.6) is 17.2 Å². The van der Waals surface area contributed by atoms with Crippen LogP contribution in [0.4, 0.5) is 0 Å². The molecule has 1 aromatic rings. The number of hydrogen-bond acceptors (Lipinski definition) is 4.